The van der Waals surface area contributed by atoms with E-state index in [2.05, 4.69) is 37.7 Å². The smallest absolute Gasteiger partial charge is 0.289 e. The summed E-state index contributed by atoms with van der Waals surface area (Å²) in [5.41, 5.74) is 4.40. The van der Waals surface area contributed by atoms with Crippen LogP contribution in [0.15, 0.2) is 47.0 Å². The standard InChI is InChI=1S/C26H27ClN6O2/c1-15-23(16(2)35-32-15)19-7-8-22-21(10-19)24(28-11-17-5-4-6-20(27)9-17)31-25(30-22)26(34)29-12-18-13-33(3)14-18/h4-10,18H,11-14H2,1-3H3,(H,29,34)(H,28,30,31). The fourth-order valence-corrected chi connectivity index (χ4v) is 4.73. The average Bonchev–Trinajstić information content (AvgIpc) is 3.16. The predicted octanol–water partition coefficient (Wildman–Crippen LogP) is 4.46. The molecule has 2 aromatic carbocycles. The van der Waals surface area contributed by atoms with Gasteiger partial charge in [0, 0.05) is 48.1 Å². The second kappa shape index (κ2) is 9.64. The van der Waals surface area contributed by atoms with Crippen LogP contribution < -0.4 is 10.6 Å². The number of benzene rings is 2. The lowest BCUT2D eigenvalue weighted by atomic mass is 10.0. The van der Waals surface area contributed by atoms with E-state index in [0.717, 1.165) is 46.6 Å². The van der Waals surface area contributed by atoms with Crippen LogP contribution in [0.3, 0.4) is 0 Å². The van der Waals surface area contributed by atoms with Crippen molar-refractivity contribution in [1.29, 1.82) is 0 Å². The van der Waals surface area contributed by atoms with Gasteiger partial charge in [0.25, 0.3) is 5.91 Å². The van der Waals surface area contributed by atoms with E-state index in [1.165, 1.54) is 0 Å². The highest BCUT2D eigenvalue weighted by Gasteiger charge is 2.24. The van der Waals surface area contributed by atoms with Crippen LogP contribution in [0.5, 0.6) is 0 Å². The summed E-state index contributed by atoms with van der Waals surface area (Å²) in [4.78, 5) is 24.3. The van der Waals surface area contributed by atoms with Crippen LogP contribution in [0.4, 0.5) is 5.82 Å². The van der Waals surface area contributed by atoms with E-state index < -0.39 is 0 Å². The molecule has 1 saturated heterocycles. The third kappa shape index (κ3) is 4.99. The van der Waals surface area contributed by atoms with Crippen LogP contribution in [0.25, 0.3) is 22.0 Å². The third-order valence-electron chi connectivity index (χ3n) is 6.26. The minimum absolute atomic E-state index is 0.142. The van der Waals surface area contributed by atoms with Gasteiger partial charge in [-0.25, -0.2) is 9.97 Å². The van der Waals surface area contributed by atoms with Gasteiger partial charge in [-0.05, 0) is 56.3 Å². The van der Waals surface area contributed by atoms with E-state index in [0.29, 0.717) is 35.4 Å². The molecule has 2 N–H and O–H groups in total. The summed E-state index contributed by atoms with van der Waals surface area (Å²) in [5, 5.41) is 11.9. The van der Waals surface area contributed by atoms with Crippen molar-refractivity contribution < 1.29 is 9.32 Å². The zero-order valence-electron chi connectivity index (χ0n) is 19.9. The Balaban J connectivity index is 1.49. The van der Waals surface area contributed by atoms with Crippen molar-refractivity contribution in [3.63, 3.8) is 0 Å². The molecule has 0 radical (unpaired) electrons. The molecular formula is C26H27ClN6O2. The molecule has 0 unspecified atom stereocenters. The summed E-state index contributed by atoms with van der Waals surface area (Å²) in [7, 11) is 2.07. The average molecular weight is 491 g/mol. The molecule has 180 valence electrons. The number of carbonyl (C=O) groups is 1. The minimum atomic E-state index is -0.276. The van der Waals surface area contributed by atoms with Gasteiger partial charge in [0.15, 0.2) is 0 Å². The summed E-state index contributed by atoms with van der Waals surface area (Å²) < 4.78 is 5.36. The quantitative estimate of drug-likeness (QED) is 0.395. The largest absolute Gasteiger partial charge is 0.365 e. The molecule has 35 heavy (non-hydrogen) atoms. The van der Waals surface area contributed by atoms with Crippen LogP contribution in [0.1, 0.15) is 27.6 Å². The molecule has 5 rings (SSSR count). The molecule has 1 aliphatic heterocycles. The monoisotopic (exact) mass is 490 g/mol. The Labute approximate surface area is 208 Å². The number of amides is 1. The van der Waals surface area contributed by atoms with Gasteiger partial charge in [-0.2, -0.15) is 0 Å². The first kappa shape index (κ1) is 23.3. The van der Waals surface area contributed by atoms with Gasteiger partial charge in [0.2, 0.25) is 5.82 Å². The van der Waals surface area contributed by atoms with Gasteiger partial charge < -0.3 is 20.1 Å². The molecule has 1 aliphatic rings. The Bertz CT molecular complexity index is 1380. The molecule has 0 spiro atoms. The van der Waals surface area contributed by atoms with Crippen molar-refractivity contribution in [1.82, 2.24) is 25.3 Å². The van der Waals surface area contributed by atoms with Crippen LogP contribution in [-0.2, 0) is 6.54 Å². The summed E-state index contributed by atoms with van der Waals surface area (Å²) in [6.07, 6.45) is 0. The van der Waals surface area contributed by atoms with Crippen molar-refractivity contribution in [3.8, 4) is 11.1 Å². The van der Waals surface area contributed by atoms with Gasteiger partial charge in [0.05, 0.1) is 11.2 Å². The van der Waals surface area contributed by atoms with Crippen molar-refractivity contribution >= 4 is 34.2 Å². The Morgan fingerprint density at radius 2 is 2.00 bits per heavy atom. The Morgan fingerprint density at radius 3 is 2.71 bits per heavy atom. The normalized spacial score (nSPS) is 14.2. The van der Waals surface area contributed by atoms with Crippen LogP contribution in [0.2, 0.25) is 5.02 Å². The van der Waals surface area contributed by atoms with Gasteiger partial charge >= 0.3 is 0 Å². The van der Waals surface area contributed by atoms with Crippen LogP contribution >= 0.6 is 11.6 Å². The molecule has 2 aromatic heterocycles. The molecule has 1 amide bonds. The number of aryl methyl sites for hydroxylation is 2. The zero-order valence-corrected chi connectivity index (χ0v) is 20.7. The highest BCUT2D eigenvalue weighted by atomic mass is 35.5. The number of hydrogen-bond donors (Lipinski definition) is 2. The number of hydrogen-bond acceptors (Lipinski definition) is 7. The number of nitrogens with one attached hydrogen (secondary N) is 2. The maximum Gasteiger partial charge on any atom is 0.289 e. The van der Waals surface area contributed by atoms with Crippen molar-refractivity contribution in [2.45, 2.75) is 20.4 Å². The van der Waals surface area contributed by atoms with Gasteiger partial charge in [-0.1, -0.05) is 35.0 Å². The highest BCUT2D eigenvalue weighted by molar-refractivity contribution is 6.30. The van der Waals surface area contributed by atoms with Crippen molar-refractivity contribution in [3.05, 3.63) is 70.3 Å². The Kier molecular flexibility index (Phi) is 6.40. The molecule has 3 heterocycles. The van der Waals surface area contributed by atoms with Gasteiger partial charge in [-0.3, -0.25) is 4.79 Å². The number of nitrogens with zero attached hydrogens (tertiary/aromatic N) is 4. The van der Waals surface area contributed by atoms with E-state index >= 15 is 0 Å². The predicted molar refractivity (Wildman–Crippen MR) is 137 cm³/mol. The van der Waals surface area contributed by atoms with Crippen molar-refractivity contribution in [2.75, 3.05) is 32.0 Å². The first-order valence-electron chi connectivity index (χ1n) is 11.6. The van der Waals surface area contributed by atoms with Gasteiger partial charge in [0.1, 0.15) is 11.6 Å². The summed E-state index contributed by atoms with van der Waals surface area (Å²) >= 11 is 6.16. The van der Waals surface area contributed by atoms with E-state index in [1.54, 1.807) is 0 Å². The lowest BCUT2D eigenvalue weighted by molar-refractivity contribution is 0.0888. The lowest BCUT2D eigenvalue weighted by Gasteiger charge is -2.36. The molecule has 0 atom stereocenters. The van der Waals surface area contributed by atoms with Gasteiger partial charge in [-0.15, -0.1) is 0 Å². The molecule has 9 heteroatoms. The highest BCUT2D eigenvalue weighted by Crippen LogP contribution is 2.31. The number of likely N-dealkylation sites (tertiary alicyclic amines) is 1. The topological polar surface area (TPSA) is 96.2 Å². The lowest BCUT2D eigenvalue weighted by Crippen LogP contribution is -2.49. The molecule has 4 aromatic rings. The van der Waals surface area contributed by atoms with E-state index in [1.807, 2.05) is 56.3 Å². The maximum atomic E-state index is 12.9. The van der Waals surface area contributed by atoms with E-state index in [-0.39, 0.29) is 11.7 Å². The minimum Gasteiger partial charge on any atom is -0.365 e. The Hall–Kier alpha value is -3.49. The fourth-order valence-electron chi connectivity index (χ4n) is 4.52. The molecule has 1 fully saturated rings. The fraction of sp³-hybridized carbons (Fsp3) is 0.308. The SMILES string of the molecule is Cc1noc(C)c1-c1ccc2nc(C(=O)NCC3CN(C)C3)nc(NCc3cccc(Cl)c3)c2c1. The maximum absolute atomic E-state index is 12.9. The first-order valence-corrected chi connectivity index (χ1v) is 12.0. The summed E-state index contributed by atoms with van der Waals surface area (Å²) in [5.74, 6) is 1.65. The molecule has 0 aliphatic carbocycles. The number of rotatable bonds is 7. The zero-order chi connectivity index (χ0) is 24.5. The molecule has 8 nitrogen and oxygen atoms in total. The van der Waals surface area contributed by atoms with Crippen molar-refractivity contribution in [2.24, 2.45) is 5.92 Å². The summed E-state index contributed by atoms with van der Waals surface area (Å²) in [6, 6.07) is 13.5. The molecule has 0 bridgehead atoms. The Morgan fingerprint density at radius 1 is 1.17 bits per heavy atom. The second-order valence-corrected chi connectivity index (χ2v) is 9.54. The number of fused-ring (bicyclic) bond motifs is 1. The number of anilines is 1. The van der Waals surface area contributed by atoms with Crippen LogP contribution in [-0.4, -0.2) is 52.6 Å². The number of aromatic nitrogens is 3. The number of carbonyl (C=O) groups excluding carboxylic acids is 1. The van der Waals surface area contributed by atoms with E-state index in [9.17, 15) is 4.79 Å². The van der Waals surface area contributed by atoms with Crippen LogP contribution in [0, 0.1) is 19.8 Å². The number of halogens is 1. The molecule has 0 saturated carbocycles. The third-order valence-corrected chi connectivity index (χ3v) is 6.50. The summed E-state index contributed by atoms with van der Waals surface area (Å²) in [6.45, 7) is 6.88. The van der Waals surface area contributed by atoms with E-state index in [4.69, 9.17) is 16.1 Å². The second-order valence-electron chi connectivity index (χ2n) is 9.11. The first-order chi connectivity index (χ1) is 16.9. The molecular weight excluding hydrogens is 464 g/mol.